The molecule has 0 saturated heterocycles. The predicted octanol–water partition coefficient (Wildman–Crippen LogP) is 2.70. The highest BCUT2D eigenvalue weighted by Crippen LogP contribution is 2.29. The molecule has 1 aromatic carbocycles. The number of carbonyl (C=O) groups is 2. The van der Waals surface area contributed by atoms with Gasteiger partial charge < -0.3 is 15.2 Å². The van der Waals surface area contributed by atoms with Gasteiger partial charge in [0.15, 0.2) is 6.61 Å². The number of amides is 1. The van der Waals surface area contributed by atoms with Crippen molar-refractivity contribution in [2.24, 2.45) is 0 Å². The third-order valence-electron chi connectivity index (χ3n) is 4.16. The lowest BCUT2D eigenvalue weighted by atomic mass is 9.98. The van der Waals surface area contributed by atoms with Gasteiger partial charge in [-0.25, -0.2) is 4.79 Å². The van der Waals surface area contributed by atoms with Gasteiger partial charge in [0.05, 0.1) is 0 Å². The Kier molecular flexibility index (Phi) is 5.06. The molecule has 0 atom stereocenters. The molecule has 1 saturated carbocycles. The van der Waals surface area contributed by atoms with Crippen LogP contribution in [0, 0.1) is 0 Å². The van der Waals surface area contributed by atoms with Gasteiger partial charge in [-0.1, -0.05) is 38.8 Å². The van der Waals surface area contributed by atoms with E-state index in [-0.39, 0.29) is 6.61 Å². The first-order valence-electron chi connectivity index (χ1n) is 7.70. The maximum atomic E-state index is 12.0. The van der Waals surface area contributed by atoms with Gasteiger partial charge in [0.2, 0.25) is 0 Å². The van der Waals surface area contributed by atoms with E-state index in [0.29, 0.717) is 24.5 Å². The van der Waals surface area contributed by atoms with E-state index in [9.17, 15) is 14.7 Å². The number of carbonyl (C=O) groups excluding carboxylic acids is 1. The molecule has 0 unspecified atom stereocenters. The molecule has 22 heavy (non-hydrogen) atoms. The number of carboxylic acids is 1. The minimum atomic E-state index is -1.11. The summed E-state index contributed by atoms with van der Waals surface area (Å²) >= 11 is 0. The lowest BCUT2D eigenvalue weighted by Crippen LogP contribution is -2.53. The second-order valence-corrected chi connectivity index (χ2v) is 6.15. The molecule has 1 amide bonds. The van der Waals surface area contributed by atoms with Crippen molar-refractivity contribution in [2.75, 3.05) is 6.61 Å². The first kappa shape index (κ1) is 16.3. The molecule has 0 spiro atoms. The summed E-state index contributed by atoms with van der Waals surface area (Å²) in [5.74, 6) is -0.303. The standard InChI is InChI=1S/C17H23NO4/c1-12(2)13-5-7-14(8-6-13)22-11-15(19)18-17(16(20)21)9-3-4-10-17/h5-8,12H,3-4,9-11H2,1-2H3,(H,18,19)(H,20,21). The maximum absolute atomic E-state index is 12.0. The van der Waals surface area contributed by atoms with Crippen LogP contribution in [0.2, 0.25) is 0 Å². The Morgan fingerprint density at radius 2 is 1.82 bits per heavy atom. The number of nitrogens with one attached hydrogen (secondary N) is 1. The number of rotatable bonds is 6. The number of benzene rings is 1. The quantitative estimate of drug-likeness (QED) is 0.847. The van der Waals surface area contributed by atoms with Crippen LogP contribution in [-0.2, 0) is 9.59 Å². The number of hydrogen-bond acceptors (Lipinski definition) is 3. The summed E-state index contributed by atoms with van der Waals surface area (Å²) < 4.78 is 5.43. The van der Waals surface area contributed by atoms with E-state index in [4.69, 9.17) is 4.74 Å². The Bertz CT molecular complexity index is 530. The van der Waals surface area contributed by atoms with E-state index in [0.717, 1.165) is 12.8 Å². The summed E-state index contributed by atoms with van der Waals surface area (Å²) in [5, 5.41) is 12.0. The number of ether oxygens (including phenoxy) is 1. The maximum Gasteiger partial charge on any atom is 0.329 e. The molecule has 0 radical (unpaired) electrons. The summed E-state index contributed by atoms with van der Waals surface area (Å²) in [6.45, 7) is 4.04. The first-order chi connectivity index (χ1) is 10.4. The van der Waals surface area contributed by atoms with Gasteiger partial charge in [0, 0.05) is 0 Å². The third kappa shape index (κ3) is 3.78. The van der Waals surface area contributed by atoms with Crippen LogP contribution in [0.4, 0.5) is 0 Å². The van der Waals surface area contributed by atoms with Crippen LogP contribution < -0.4 is 10.1 Å². The average Bonchev–Trinajstić information content (AvgIpc) is 2.95. The molecule has 5 nitrogen and oxygen atoms in total. The molecule has 120 valence electrons. The Balaban J connectivity index is 1.88. The fraction of sp³-hybridized carbons (Fsp3) is 0.529. The Hall–Kier alpha value is -2.04. The van der Waals surface area contributed by atoms with Crippen LogP contribution in [0.15, 0.2) is 24.3 Å². The van der Waals surface area contributed by atoms with E-state index in [1.54, 1.807) is 0 Å². The third-order valence-corrected chi connectivity index (χ3v) is 4.16. The van der Waals surface area contributed by atoms with Crippen LogP contribution in [0.25, 0.3) is 0 Å². The van der Waals surface area contributed by atoms with E-state index in [1.807, 2.05) is 24.3 Å². The van der Waals surface area contributed by atoms with E-state index in [1.165, 1.54) is 5.56 Å². The molecule has 1 aromatic rings. The summed E-state index contributed by atoms with van der Waals surface area (Å²) in [6.07, 6.45) is 2.61. The topological polar surface area (TPSA) is 75.6 Å². The summed E-state index contributed by atoms with van der Waals surface area (Å²) in [6, 6.07) is 7.58. The first-order valence-corrected chi connectivity index (χ1v) is 7.70. The Morgan fingerprint density at radius 1 is 1.23 bits per heavy atom. The molecule has 1 aliphatic rings. The highest BCUT2D eigenvalue weighted by Gasteiger charge is 2.42. The van der Waals surface area contributed by atoms with Crippen molar-refractivity contribution in [3.05, 3.63) is 29.8 Å². The minimum Gasteiger partial charge on any atom is -0.484 e. The second-order valence-electron chi connectivity index (χ2n) is 6.15. The lowest BCUT2D eigenvalue weighted by Gasteiger charge is -2.25. The van der Waals surface area contributed by atoms with Gasteiger partial charge in [-0.2, -0.15) is 0 Å². The van der Waals surface area contributed by atoms with E-state index >= 15 is 0 Å². The van der Waals surface area contributed by atoms with Crippen molar-refractivity contribution in [3.63, 3.8) is 0 Å². The molecule has 1 fully saturated rings. The van der Waals surface area contributed by atoms with Crippen LogP contribution >= 0.6 is 0 Å². The zero-order valence-electron chi connectivity index (χ0n) is 13.1. The largest absolute Gasteiger partial charge is 0.484 e. The number of carboxylic acid groups (broad SMARTS) is 1. The smallest absolute Gasteiger partial charge is 0.329 e. The molecule has 0 aliphatic heterocycles. The van der Waals surface area contributed by atoms with Crippen molar-refractivity contribution in [1.29, 1.82) is 0 Å². The second kappa shape index (κ2) is 6.81. The molecule has 2 N–H and O–H groups in total. The lowest BCUT2D eigenvalue weighted by molar-refractivity contribution is -0.147. The summed E-state index contributed by atoms with van der Waals surface area (Å²) in [7, 11) is 0. The molecule has 2 rings (SSSR count). The molecule has 0 bridgehead atoms. The fourth-order valence-electron chi connectivity index (χ4n) is 2.77. The van der Waals surface area contributed by atoms with Crippen molar-refractivity contribution >= 4 is 11.9 Å². The monoisotopic (exact) mass is 305 g/mol. The van der Waals surface area contributed by atoms with Crippen LogP contribution in [0.5, 0.6) is 5.75 Å². The van der Waals surface area contributed by atoms with Crippen LogP contribution in [-0.4, -0.2) is 29.1 Å². The van der Waals surface area contributed by atoms with Crippen molar-refractivity contribution in [2.45, 2.75) is 51.0 Å². The van der Waals surface area contributed by atoms with Crippen LogP contribution in [0.3, 0.4) is 0 Å². The molecular formula is C17H23NO4. The zero-order chi connectivity index (χ0) is 16.2. The molecule has 0 heterocycles. The molecule has 0 aromatic heterocycles. The summed E-state index contributed by atoms with van der Waals surface area (Å²) in [5.41, 5.74) is 0.0923. The highest BCUT2D eigenvalue weighted by molar-refractivity contribution is 5.87. The number of hydrogen-bond donors (Lipinski definition) is 2. The van der Waals surface area contributed by atoms with Crippen molar-refractivity contribution < 1.29 is 19.4 Å². The Labute approximate surface area is 130 Å². The normalized spacial score (nSPS) is 16.5. The van der Waals surface area contributed by atoms with Crippen molar-refractivity contribution in [3.8, 4) is 5.75 Å². The summed E-state index contributed by atoms with van der Waals surface area (Å²) in [4.78, 5) is 23.3. The van der Waals surface area contributed by atoms with E-state index in [2.05, 4.69) is 19.2 Å². The molecule has 5 heteroatoms. The highest BCUT2D eigenvalue weighted by atomic mass is 16.5. The number of aliphatic carboxylic acids is 1. The van der Waals surface area contributed by atoms with Gasteiger partial charge in [-0.05, 0) is 36.5 Å². The van der Waals surface area contributed by atoms with Gasteiger partial charge in [-0.3, -0.25) is 4.79 Å². The van der Waals surface area contributed by atoms with Gasteiger partial charge in [0.25, 0.3) is 5.91 Å². The van der Waals surface area contributed by atoms with Crippen LogP contribution in [0.1, 0.15) is 51.0 Å². The zero-order valence-corrected chi connectivity index (χ0v) is 13.1. The SMILES string of the molecule is CC(C)c1ccc(OCC(=O)NC2(C(=O)O)CCCC2)cc1. The molecule has 1 aliphatic carbocycles. The average molecular weight is 305 g/mol. The van der Waals surface area contributed by atoms with Gasteiger partial charge in [-0.15, -0.1) is 0 Å². The van der Waals surface area contributed by atoms with Gasteiger partial charge >= 0.3 is 5.97 Å². The fourth-order valence-corrected chi connectivity index (χ4v) is 2.77. The van der Waals surface area contributed by atoms with Crippen molar-refractivity contribution in [1.82, 2.24) is 5.32 Å². The minimum absolute atomic E-state index is 0.171. The predicted molar refractivity (Wildman–Crippen MR) is 83.0 cm³/mol. The molecular weight excluding hydrogens is 282 g/mol. The van der Waals surface area contributed by atoms with Gasteiger partial charge in [0.1, 0.15) is 11.3 Å². The van der Waals surface area contributed by atoms with E-state index < -0.39 is 17.4 Å². The Morgan fingerprint density at radius 3 is 2.32 bits per heavy atom.